The maximum atomic E-state index is 6.33. The number of aryl methyl sites for hydroxylation is 1. The van der Waals surface area contributed by atoms with E-state index in [0.29, 0.717) is 11.8 Å². The van der Waals surface area contributed by atoms with Gasteiger partial charge in [0.1, 0.15) is 0 Å². The standard InChI is InChI=1S/C18H19BrClN/c1-12-5-6-14(10-18(12)20)16-7-8-21-11-17(16)13-3-2-4-15(19)9-13/h2-6,9-10,16-17,21H,7-8,11H2,1H3. The van der Waals surface area contributed by atoms with E-state index in [4.69, 9.17) is 11.6 Å². The van der Waals surface area contributed by atoms with Crippen molar-refractivity contribution in [3.63, 3.8) is 0 Å². The van der Waals surface area contributed by atoms with Crippen LogP contribution in [0.25, 0.3) is 0 Å². The van der Waals surface area contributed by atoms with Crippen molar-refractivity contribution < 1.29 is 0 Å². The predicted octanol–water partition coefficient (Wildman–Crippen LogP) is 5.27. The third-order valence-corrected chi connectivity index (χ3v) is 5.28. The van der Waals surface area contributed by atoms with E-state index in [1.165, 1.54) is 11.1 Å². The van der Waals surface area contributed by atoms with Gasteiger partial charge < -0.3 is 5.32 Å². The van der Waals surface area contributed by atoms with Gasteiger partial charge in [-0.15, -0.1) is 0 Å². The quantitative estimate of drug-likeness (QED) is 0.765. The SMILES string of the molecule is Cc1ccc(C2CCNCC2c2cccc(Br)c2)cc1Cl. The molecule has 21 heavy (non-hydrogen) atoms. The zero-order chi connectivity index (χ0) is 14.8. The van der Waals surface area contributed by atoms with Crippen LogP contribution in [0.2, 0.25) is 5.02 Å². The fourth-order valence-corrected chi connectivity index (χ4v) is 3.79. The van der Waals surface area contributed by atoms with Crippen LogP contribution in [0.5, 0.6) is 0 Å². The number of hydrogen-bond acceptors (Lipinski definition) is 1. The smallest absolute Gasteiger partial charge is 0.0438 e. The lowest BCUT2D eigenvalue weighted by Gasteiger charge is -2.33. The summed E-state index contributed by atoms with van der Waals surface area (Å²) in [4.78, 5) is 0. The van der Waals surface area contributed by atoms with Crippen molar-refractivity contribution in [1.29, 1.82) is 0 Å². The summed E-state index contributed by atoms with van der Waals surface area (Å²) in [5, 5.41) is 4.40. The van der Waals surface area contributed by atoms with E-state index < -0.39 is 0 Å². The highest BCUT2D eigenvalue weighted by atomic mass is 79.9. The molecule has 2 aromatic rings. The number of nitrogens with one attached hydrogen (secondary N) is 1. The Labute approximate surface area is 139 Å². The van der Waals surface area contributed by atoms with Gasteiger partial charge in [-0.05, 0) is 60.7 Å². The fourth-order valence-electron chi connectivity index (χ4n) is 3.18. The molecule has 1 aliphatic heterocycles. The van der Waals surface area contributed by atoms with Gasteiger partial charge in [0.25, 0.3) is 0 Å². The van der Waals surface area contributed by atoms with E-state index in [0.717, 1.165) is 34.6 Å². The minimum Gasteiger partial charge on any atom is -0.316 e. The van der Waals surface area contributed by atoms with E-state index in [1.54, 1.807) is 0 Å². The first kappa shape index (κ1) is 15.1. The highest BCUT2D eigenvalue weighted by Gasteiger charge is 2.28. The van der Waals surface area contributed by atoms with Gasteiger partial charge in [0.05, 0.1) is 0 Å². The molecule has 2 unspecified atom stereocenters. The lowest BCUT2D eigenvalue weighted by atomic mass is 9.77. The minimum absolute atomic E-state index is 0.495. The van der Waals surface area contributed by atoms with Crippen molar-refractivity contribution >= 4 is 27.5 Å². The largest absolute Gasteiger partial charge is 0.316 e. The molecule has 2 aromatic carbocycles. The molecule has 0 aliphatic carbocycles. The lowest BCUT2D eigenvalue weighted by Crippen LogP contribution is -2.34. The topological polar surface area (TPSA) is 12.0 Å². The van der Waals surface area contributed by atoms with Crippen LogP contribution in [0, 0.1) is 6.92 Å². The Kier molecular flexibility index (Phi) is 4.68. The van der Waals surface area contributed by atoms with Crippen LogP contribution in [0.15, 0.2) is 46.9 Å². The molecule has 2 atom stereocenters. The number of rotatable bonds is 2. The Balaban J connectivity index is 1.96. The van der Waals surface area contributed by atoms with E-state index in [-0.39, 0.29) is 0 Å². The summed E-state index contributed by atoms with van der Waals surface area (Å²) in [6.07, 6.45) is 1.15. The van der Waals surface area contributed by atoms with Crippen LogP contribution in [0.3, 0.4) is 0 Å². The minimum atomic E-state index is 0.495. The molecular weight excluding hydrogens is 346 g/mol. The molecule has 1 N–H and O–H groups in total. The number of benzene rings is 2. The Bertz CT molecular complexity index is 641. The van der Waals surface area contributed by atoms with E-state index in [1.807, 2.05) is 0 Å². The fraction of sp³-hybridized carbons (Fsp3) is 0.333. The first-order chi connectivity index (χ1) is 10.1. The van der Waals surface area contributed by atoms with Crippen LogP contribution in [-0.2, 0) is 0 Å². The lowest BCUT2D eigenvalue weighted by molar-refractivity contribution is 0.404. The van der Waals surface area contributed by atoms with Gasteiger partial charge in [0.15, 0.2) is 0 Å². The Hall–Kier alpha value is -0.830. The maximum Gasteiger partial charge on any atom is 0.0438 e. The van der Waals surface area contributed by atoms with Crippen LogP contribution in [0.4, 0.5) is 0 Å². The summed E-state index contributed by atoms with van der Waals surface area (Å²) in [5.41, 5.74) is 3.89. The van der Waals surface area contributed by atoms with Crippen molar-refractivity contribution in [2.75, 3.05) is 13.1 Å². The van der Waals surface area contributed by atoms with Crippen molar-refractivity contribution in [3.8, 4) is 0 Å². The second kappa shape index (κ2) is 6.51. The van der Waals surface area contributed by atoms with Crippen molar-refractivity contribution in [1.82, 2.24) is 5.32 Å². The monoisotopic (exact) mass is 363 g/mol. The summed E-state index contributed by atoms with van der Waals surface area (Å²) in [6.45, 7) is 4.15. The molecule has 1 fully saturated rings. The van der Waals surface area contributed by atoms with Gasteiger partial charge in [-0.2, -0.15) is 0 Å². The third kappa shape index (κ3) is 3.33. The first-order valence-corrected chi connectivity index (χ1v) is 8.54. The second-order valence-corrected chi connectivity index (χ2v) is 7.09. The van der Waals surface area contributed by atoms with Crippen LogP contribution >= 0.6 is 27.5 Å². The molecule has 3 rings (SSSR count). The van der Waals surface area contributed by atoms with E-state index in [2.05, 4.69) is 70.6 Å². The molecule has 3 heteroatoms. The van der Waals surface area contributed by atoms with Crippen LogP contribution in [0.1, 0.15) is 34.9 Å². The van der Waals surface area contributed by atoms with Gasteiger partial charge in [-0.1, -0.05) is 51.8 Å². The molecule has 0 spiro atoms. The van der Waals surface area contributed by atoms with Gasteiger partial charge in [-0.25, -0.2) is 0 Å². The highest BCUT2D eigenvalue weighted by Crippen LogP contribution is 2.39. The summed E-state index contributed by atoms with van der Waals surface area (Å²) < 4.78 is 1.14. The molecule has 0 aromatic heterocycles. The van der Waals surface area contributed by atoms with Crippen molar-refractivity contribution in [2.24, 2.45) is 0 Å². The molecule has 0 radical (unpaired) electrons. The molecule has 1 aliphatic rings. The van der Waals surface area contributed by atoms with Gasteiger partial charge in [-0.3, -0.25) is 0 Å². The zero-order valence-corrected chi connectivity index (χ0v) is 14.4. The molecule has 0 bridgehead atoms. The Morgan fingerprint density at radius 1 is 1.10 bits per heavy atom. The van der Waals surface area contributed by atoms with Crippen LogP contribution < -0.4 is 5.32 Å². The molecule has 1 saturated heterocycles. The average molecular weight is 365 g/mol. The second-order valence-electron chi connectivity index (χ2n) is 5.77. The number of hydrogen-bond donors (Lipinski definition) is 1. The highest BCUT2D eigenvalue weighted by molar-refractivity contribution is 9.10. The molecule has 0 amide bonds. The first-order valence-electron chi connectivity index (χ1n) is 7.37. The third-order valence-electron chi connectivity index (χ3n) is 4.38. The summed E-state index contributed by atoms with van der Waals surface area (Å²) in [6, 6.07) is 15.2. The predicted molar refractivity (Wildman–Crippen MR) is 93.3 cm³/mol. The summed E-state index contributed by atoms with van der Waals surface area (Å²) in [5.74, 6) is 1.02. The summed E-state index contributed by atoms with van der Waals surface area (Å²) >= 11 is 9.91. The average Bonchev–Trinajstić information content (AvgIpc) is 2.50. The maximum absolute atomic E-state index is 6.33. The molecular formula is C18H19BrClN. The van der Waals surface area contributed by atoms with Crippen molar-refractivity contribution in [2.45, 2.75) is 25.2 Å². The van der Waals surface area contributed by atoms with E-state index in [9.17, 15) is 0 Å². The van der Waals surface area contributed by atoms with Crippen molar-refractivity contribution in [3.05, 3.63) is 68.7 Å². The zero-order valence-electron chi connectivity index (χ0n) is 12.1. The Morgan fingerprint density at radius 2 is 1.90 bits per heavy atom. The van der Waals surface area contributed by atoms with Gasteiger partial charge >= 0.3 is 0 Å². The summed E-state index contributed by atoms with van der Waals surface area (Å²) in [7, 11) is 0. The van der Waals surface area contributed by atoms with Crippen LogP contribution in [-0.4, -0.2) is 13.1 Å². The number of piperidine rings is 1. The number of halogens is 2. The molecule has 1 nitrogen and oxygen atoms in total. The normalized spacial score (nSPS) is 22.2. The molecule has 1 heterocycles. The van der Waals surface area contributed by atoms with Gasteiger partial charge in [0.2, 0.25) is 0 Å². The van der Waals surface area contributed by atoms with Gasteiger partial charge in [0, 0.05) is 22.0 Å². The molecule has 0 saturated carbocycles. The van der Waals surface area contributed by atoms with E-state index >= 15 is 0 Å². The Morgan fingerprint density at radius 3 is 2.67 bits per heavy atom. The molecule has 110 valence electrons.